The number of pyridine rings is 2. The molecule has 0 radical (unpaired) electrons. The number of ether oxygens (including phenoxy) is 2. The summed E-state index contributed by atoms with van der Waals surface area (Å²) in [5, 5.41) is 13.8. The van der Waals surface area contributed by atoms with Gasteiger partial charge < -0.3 is 19.8 Å². The third-order valence-electron chi connectivity index (χ3n) is 5.83. The molecule has 2 aromatic heterocycles. The molecule has 0 spiro atoms. The summed E-state index contributed by atoms with van der Waals surface area (Å²) < 4.78 is 35.6. The number of H-pyrrole nitrogens is 1. The Morgan fingerprint density at radius 3 is 2.62 bits per heavy atom. The molecule has 1 aliphatic carbocycles. The minimum absolute atomic E-state index is 0.107. The van der Waals surface area contributed by atoms with E-state index < -0.39 is 27.9 Å². The van der Waals surface area contributed by atoms with Crippen molar-refractivity contribution in [2.45, 2.75) is 31.5 Å². The van der Waals surface area contributed by atoms with E-state index in [1.165, 1.54) is 18.3 Å². The lowest BCUT2D eigenvalue weighted by Gasteiger charge is -2.16. The molecular weight excluding hydrogens is 454 g/mol. The van der Waals surface area contributed by atoms with Gasteiger partial charge in [0.15, 0.2) is 11.5 Å². The average molecular weight is 470 g/mol. The van der Waals surface area contributed by atoms with Crippen molar-refractivity contribution in [2.24, 2.45) is 0 Å². The van der Waals surface area contributed by atoms with Gasteiger partial charge in [-0.05, 0) is 49.1 Å². The highest BCUT2D eigenvalue weighted by molar-refractivity contribution is 6.01. The number of halogens is 2. The first kappa shape index (κ1) is 21.5. The van der Waals surface area contributed by atoms with Crippen LogP contribution in [0.4, 0.5) is 20.3 Å². The van der Waals surface area contributed by atoms with Crippen LogP contribution in [0.2, 0.25) is 0 Å². The second-order valence-corrected chi connectivity index (χ2v) is 8.09. The first-order chi connectivity index (χ1) is 16.1. The monoisotopic (exact) mass is 470 g/mol. The SMILES string of the molecule is Cc1ccc(NC(=O)C2(c3ccc4c(c3)OC(F)(F)O4)CC2)nc1-c1c[nH]c(=O)c([N+](=O)[O-])c1. The molecular formula is C22H16F2N4O6. The van der Waals surface area contributed by atoms with Crippen molar-refractivity contribution in [3.63, 3.8) is 0 Å². The topological polar surface area (TPSA) is 136 Å². The van der Waals surface area contributed by atoms with Crippen LogP contribution in [-0.2, 0) is 10.2 Å². The number of nitrogens with zero attached hydrogens (tertiary/aromatic N) is 2. The normalized spacial score (nSPS) is 16.7. The number of amides is 1. The minimum atomic E-state index is -3.75. The number of hydrogen-bond acceptors (Lipinski definition) is 7. The van der Waals surface area contributed by atoms with Crippen molar-refractivity contribution in [1.29, 1.82) is 0 Å². The zero-order chi connectivity index (χ0) is 24.3. The molecule has 3 aromatic rings. The molecule has 0 unspecified atom stereocenters. The molecule has 3 heterocycles. The van der Waals surface area contributed by atoms with Gasteiger partial charge in [0.1, 0.15) is 5.82 Å². The Morgan fingerprint density at radius 2 is 1.91 bits per heavy atom. The second kappa shape index (κ2) is 7.33. The summed E-state index contributed by atoms with van der Waals surface area (Å²) in [5.41, 5.74) is -0.581. The summed E-state index contributed by atoms with van der Waals surface area (Å²) >= 11 is 0. The van der Waals surface area contributed by atoms with Gasteiger partial charge in [-0.2, -0.15) is 0 Å². The molecule has 1 fully saturated rings. The summed E-state index contributed by atoms with van der Waals surface area (Å²) in [4.78, 5) is 41.8. The van der Waals surface area contributed by atoms with Gasteiger partial charge in [-0.3, -0.25) is 19.7 Å². The predicted molar refractivity (Wildman–Crippen MR) is 114 cm³/mol. The summed E-state index contributed by atoms with van der Waals surface area (Å²) in [6, 6.07) is 8.62. The summed E-state index contributed by atoms with van der Waals surface area (Å²) in [5.74, 6) is -0.437. The third kappa shape index (κ3) is 3.62. The van der Waals surface area contributed by atoms with E-state index in [2.05, 4.69) is 24.8 Å². The Bertz CT molecular complexity index is 1420. The first-order valence-corrected chi connectivity index (χ1v) is 10.1. The summed E-state index contributed by atoms with van der Waals surface area (Å²) in [7, 11) is 0. The molecule has 1 aliphatic heterocycles. The van der Waals surface area contributed by atoms with Crippen LogP contribution in [0.25, 0.3) is 11.3 Å². The maximum atomic E-state index is 13.3. The number of aromatic nitrogens is 2. The van der Waals surface area contributed by atoms with E-state index in [1.807, 2.05) is 0 Å². The number of nitrogens with one attached hydrogen (secondary N) is 2. The third-order valence-corrected chi connectivity index (χ3v) is 5.83. The highest BCUT2D eigenvalue weighted by atomic mass is 19.3. The largest absolute Gasteiger partial charge is 0.586 e. The zero-order valence-corrected chi connectivity index (χ0v) is 17.6. The van der Waals surface area contributed by atoms with Gasteiger partial charge in [0.05, 0.1) is 16.0 Å². The lowest BCUT2D eigenvalue weighted by Crippen LogP contribution is -2.28. The van der Waals surface area contributed by atoms with Gasteiger partial charge in [0, 0.05) is 17.8 Å². The first-order valence-electron chi connectivity index (χ1n) is 10.1. The van der Waals surface area contributed by atoms with E-state index in [0.717, 1.165) is 6.07 Å². The molecule has 1 aromatic carbocycles. The molecule has 34 heavy (non-hydrogen) atoms. The number of anilines is 1. The van der Waals surface area contributed by atoms with Gasteiger partial charge >= 0.3 is 17.5 Å². The van der Waals surface area contributed by atoms with Crippen molar-refractivity contribution in [3.8, 4) is 22.8 Å². The molecule has 2 N–H and O–H groups in total. The highest BCUT2D eigenvalue weighted by Crippen LogP contribution is 2.52. The van der Waals surface area contributed by atoms with E-state index in [4.69, 9.17) is 0 Å². The number of aryl methyl sites for hydroxylation is 1. The lowest BCUT2D eigenvalue weighted by atomic mass is 9.94. The maximum absolute atomic E-state index is 13.3. The highest BCUT2D eigenvalue weighted by Gasteiger charge is 2.53. The number of carbonyl (C=O) groups is 1. The number of alkyl halides is 2. The molecule has 2 aliphatic rings. The molecule has 1 amide bonds. The molecule has 174 valence electrons. The molecule has 10 nitrogen and oxygen atoms in total. The van der Waals surface area contributed by atoms with Crippen LogP contribution >= 0.6 is 0 Å². The Morgan fingerprint density at radius 1 is 1.18 bits per heavy atom. The average Bonchev–Trinajstić information content (AvgIpc) is 3.52. The molecule has 0 bridgehead atoms. The fourth-order valence-electron chi connectivity index (χ4n) is 3.89. The fraction of sp³-hybridized carbons (Fsp3) is 0.227. The van der Waals surface area contributed by atoms with E-state index in [1.54, 1.807) is 25.1 Å². The number of hydrogen-bond donors (Lipinski definition) is 2. The molecule has 12 heteroatoms. The quantitative estimate of drug-likeness (QED) is 0.429. The van der Waals surface area contributed by atoms with Crippen molar-refractivity contribution in [2.75, 3.05) is 5.32 Å². The van der Waals surface area contributed by atoms with Crippen LogP contribution in [0.1, 0.15) is 24.0 Å². The van der Waals surface area contributed by atoms with Gasteiger partial charge in [-0.15, -0.1) is 8.78 Å². The zero-order valence-electron chi connectivity index (χ0n) is 17.6. The Labute approximate surface area is 189 Å². The van der Waals surface area contributed by atoms with Crippen molar-refractivity contribution in [3.05, 3.63) is 74.2 Å². The number of aromatic amines is 1. The number of fused-ring (bicyclic) bond motifs is 1. The molecule has 1 saturated carbocycles. The van der Waals surface area contributed by atoms with E-state index >= 15 is 0 Å². The van der Waals surface area contributed by atoms with E-state index in [9.17, 15) is 28.5 Å². The van der Waals surface area contributed by atoms with Crippen molar-refractivity contribution < 1.29 is 28.0 Å². The molecule has 0 saturated heterocycles. The van der Waals surface area contributed by atoms with Gasteiger partial charge in [-0.1, -0.05) is 12.1 Å². The van der Waals surface area contributed by atoms with Gasteiger partial charge in [-0.25, -0.2) is 4.98 Å². The van der Waals surface area contributed by atoms with Crippen LogP contribution in [0.5, 0.6) is 11.5 Å². The fourth-order valence-corrected chi connectivity index (χ4v) is 3.89. The lowest BCUT2D eigenvalue weighted by molar-refractivity contribution is -0.386. The molecule has 5 rings (SSSR count). The Balaban J connectivity index is 1.42. The van der Waals surface area contributed by atoms with Crippen LogP contribution in [0.3, 0.4) is 0 Å². The Hall–Kier alpha value is -4.35. The van der Waals surface area contributed by atoms with E-state index in [0.29, 0.717) is 35.2 Å². The summed E-state index contributed by atoms with van der Waals surface area (Å²) in [6.07, 6.45) is -1.45. The van der Waals surface area contributed by atoms with Crippen molar-refractivity contribution >= 4 is 17.4 Å². The van der Waals surface area contributed by atoms with E-state index in [-0.39, 0.29) is 23.2 Å². The van der Waals surface area contributed by atoms with Gasteiger partial charge in [0.25, 0.3) is 0 Å². The van der Waals surface area contributed by atoms with Crippen LogP contribution in [0.15, 0.2) is 47.4 Å². The Kier molecular flexibility index (Phi) is 4.64. The van der Waals surface area contributed by atoms with Crippen molar-refractivity contribution in [1.82, 2.24) is 9.97 Å². The predicted octanol–water partition coefficient (Wildman–Crippen LogP) is 3.65. The number of rotatable bonds is 5. The maximum Gasteiger partial charge on any atom is 0.586 e. The van der Waals surface area contributed by atoms with Crippen LogP contribution < -0.4 is 20.3 Å². The summed E-state index contributed by atoms with van der Waals surface area (Å²) in [6.45, 7) is 1.73. The number of nitro groups is 1. The number of carbonyl (C=O) groups excluding carboxylic acids is 1. The smallest absolute Gasteiger partial charge is 0.395 e. The number of benzene rings is 1. The van der Waals surface area contributed by atoms with Crippen LogP contribution in [0, 0.1) is 17.0 Å². The minimum Gasteiger partial charge on any atom is -0.395 e. The molecule has 0 atom stereocenters. The van der Waals surface area contributed by atoms with Gasteiger partial charge in [0.2, 0.25) is 5.91 Å². The standard InChI is InChI=1S/C22H16F2N4O6/c1-11-2-5-17(26-18(11)12-8-14(28(31)32)19(29)25-10-12)27-20(30)21(6-7-21)13-3-4-15-16(9-13)34-22(23,24)33-15/h2-5,8-10H,6-7H2,1H3,(H,25,29)(H,26,27,30). The van der Waals surface area contributed by atoms with Crippen LogP contribution in [-0.4, -0.2) is 27.1 Å². The second-order valence-electron chi connectivity index (χ2n) is 8.09.